The van der Waals surface area contributed by atoms with Crippen molar-refractivity contribution in [3.63, 3.8) is 0 Å². The molecule has 0 bridgehead atoms. The molecule has 0 unspecified atom stereocenters. The fraction of sp³-hybridized carbons (Fsp3) is 0.538. The number of rotatable bonds is 4. The predicted molar refractivity (Wildman–Crippen MR) is 77.7 cm³/mol. The van der Waals surface area contributed by atoms with Gasteiger partial charge in [0, 0.05) is 0 Å². The summed E-state index contributed by atoms with van der Waals surface area (Å²) in [7, 11) is 4.11. The number of hydrogen-bond donors (Lipinski definition) is 4. The smallest absolute Gasteiger partial charge is 0.335 e. The van der Waals surface area contributed by atoms with E-state index in [-0.39, 0.29) is 6.23 Å². The summed E-state index contributed by atoms with van der Waals surface area (Å²) in [5.74, 6) is -3.54. The van der Waals surface area contributed by atoms with Gasteiger partial charge in [0.2, 0.25) is 0 Å². The zero-order valence-electron chi connectivity index (χ0n) is 12.2. The molecule has 9 heteroatoms. The van der Waals surface area contributed by atoms with Gasteiger partial charge in [-0.2, -0.15) is 0 Å². The minimum atomic E-state index is -2.27. The Morgan fingerprint density at radius 2 is 1.82 bits per heavy atom. The van der Waals surface area contributed by atoms with E-state index in [2.05, 4.69) is 30.4 Å². The number of nitrogens with zero attached hydrogens (tertiary/aromatic N) is 1. The van der Waals surface area contributed by atoms with Gasteiger partial charge in [0.1, 0.15) is 6.23 Å². The second-order valence-electron chi connectivity index (χ2n) is 4.81. The van der Waals surface area contributed by atoms with E-state index in [4.69, 9.17) is 25.2 Å². The maximum absolute atomic E-state index is 9.77. The maximum Gasteiger partial charge on any atom is 0.335 e. The van der Waals surface area contributed by atoms with Gasteiger partial charge >= 0.3 is 11.9 Å². The van der Waals surface area contributed by atoms with Crippen molar-refractivity contribution in [3.8, 4) is 0 Å². The summed E-state index contributed by atoms with van der Waals surface area (Å²) < 4.78 is 5.66. The largest absolute Gasteiger partial charge is 0.479 e. The summed E-state index contributed by atoms with van der Waals surface area (Å²) >= 11 is 1.80. The third-order valence-corrected chi connectivity index (χ3v) is 3.92. The molecule has 1 aromatic heterocycles. The van der Waals surface area contributed by atoms with Gasteiger partial charge in [-0.15, -0.1) is 11.3 Å². The summed E-state index contributed by atoms with van der Waals surface area (Å²) in [6.45, 7) is 0.854. The Morgan fingerprint density at radius 3 is 2.27 bits per heavy atom. The average molecular weight is 333 g/mol. The van der Waals surface area contributed by atoms with Crippen LogP contribution in [0.4, 0.5) is 0 Å². The second-order valence-corrected chi connectivity index (χ2v) is 5.76. The van der Waals surface area contributed by atoms with Crippen LogP contribution in [0.5, 0.6) is 0 Å². The molecule has 0 saturated heterocycles. The quantitative estimate of drug-likeness (QED) is 0.594. The van der Waals surface area contributed by atoms with Gasteiger partial charge in [-0.25, -0.2) is 9.59 Å². The zero-order valence-corrected chi connectivity index (χ0v) is 13.0. The Morgan fingerprint density at radius 1 is 1.27 bits per heavy atom. The molecular weight excluding hydrogens is 314 g/mol. The number of aliphatic hydroxyl groups is 2. The van der Waals surface area contributed by atoms with E-state index in [0.29, 0.717) is 0 Å². The van der Waals surface area contributed by atoms with Crippen LogP contribution in [0, 0.1) is 0 Å². The zero-order chi connectivity index (χ0) is 16.9. The monoisotopic (exact) mass is 333 g/mol. The topological polar surface area (TPSA) is 128 Å². The van der Waals surface area contributed by atoms with E-state index >= 15 is 0 Å². The van der Waals surface area contributed by atoms with Crippen LogP contribution in [0.3, 0.4) is 0 Å². The Kier molecular flexibility index (Phi) is 6.91. The molecule has 2 rings (SSSR count). The van der Waals surface area contributed by atoms with E-state index in [9.17, 15) is 9.59 Å². The Hall–Kier alpha value is -1.52. The van der Waals surface area contributed by atoms with E-state index in [1.54, 1.807) is 11.3 Å². The van der Waals surface area contributed by atoms with E-state index in [1.165, 1.54) is 10.4 Å². The molecule has 4 N–H and O–H groups in total. The van der Waals surface area contributed by atoms with Gasteiger partial charge < -0.3 is 25.2 Å². The van der Waals surface area contributed by atoms with E-state index < -0.39 is 24.1 Å². The Balaban J connectivity index is 0.000000225. The summed E-state index contributed by atoms with van der Waals surface area (Å²) in [4.78, 5) is 23.0. The molecule has 0 aromatic carbocycles. The first-order valence-corrected chi connectivity index (χ1v) is 7.29. The lowest BCUT2D eigenvalue weighted by Gasteiger charge is -2.28. The number of carboxylic acid groups (broad SMARTS) is 2. The van der Waals surface area contributed by atoms with Gasteiger partial charge in [-0.05, 0) is 37.5 Å². The molecule has 0 saturated carbocycles. The number of ether oxygens (including phenoxy) is 1. The molecule has 0 spiro atoms. The van der Waals surface area contributed by atoms with Crippen LogP contribution in [0.2, 0.25) is 0 Å². The molecule has 124 valence electrons. The summed E-state index contributed by atoms with van der Waals surface area (Å²) in [6, 6.07) is 2.21. The summed E-state index contributed by atoms with van der Waals surface area (Å²) in [5.41, 5.74) is 1.46. The SMILES string of the molecule is CN(C)[C@H]1OCCc2ccsc21.O=C(O)[C@H](O)[C@@H](O)C(=O)O. The number of carboxylic acids is 2. The highest BCUT2D eigenvalue weighted by Gasteiger charge is 2.29. The summed E-state index contributed by atoms with van der Waals surface area (Å²) in [5, 5.41) is 34.7. The number of aliphatic hydroxyl groups excluding tert-OH is 2. The number of carbonyl (C=O) groups is 2. The molecule has 0 radical (unpaired) electrons. The molecule has 0 fully saturated rings. The maximum atomic E-state index is 9.77. The third-order valence-electron chi connectivity index (χ3n) is 2.93. The van der Waals surface area contributed by atoms with Crippen LogP contribution >= 0.6 is 11.3 Å². The van der Waals surface area contributed by atoms with Crippen molar-refractivity contribution in [1.82, 2.24) is 4.90 Å². The predicted octanol–water partition coefficient (Wildman–Crippen LogP) is -0.242. The average Bonchev–Trinajstić information content (AvgIpc) is 2.94. The molecular formula is C13H19NO7S. The van der Waals surface area contributed by atoms with Gasteiger partial charge in [-0.1, -0.05) is 0 Å². The first-order chi connectivity index (χ1) is 10.3. The molecule has 0 aliphatic carbocycles. The fourth-order valence-corrected chi connectivity index (χ4v) is 2.88. The second kappa shape index (κ2) is 8.20. The highest BCUT2D eigenvalue weighted by Crippen LogP contribution is 2.32. The minimum absolute atomic E-state index is 0.189. The van der Waals surface area contributed by atoms with Crippen molar-refractivity contribution in [1.29, 1.82) is 0 Å². The van der Waals surface area contributed by atoms with Crippen molar-refractivity contribution in [3.05, 3.63) is 21.9 Å². The van der Waals surface area contributed by atoms with Gasteiger partial charge in [-0.3, -0.25) is 4.90 Å². The normalized spacial score (nSPS) is 19.6. The number of thiophene rings is 1. The van der Waals surface area contributed by atoms with Gasteiger partial charge in [0.25, 0.3) is 0 Å². The van der Waals surface area contributed by atoms with Gasteiger partial charge in [0.05, 0.1) is 11.5 Å². The standard InChI is InChI=1S/C9H13NOS.C4H6O6/c1-10(2)9-8-7(3-5-11-9)4-6-12-8;5-1(3(7)8)2(6)4(9)10/h4,6,9H,3,5H2,1-2H3;1-2,5-6H,(H,7,8)(H,9,10)/t9-;1-,2-/m01/s1. The van der Waals surface area contributed by atoms with E-state index in [1.807, 2.05) is 0 Å². The van der Waals surface area contributed by atoms with Crippen molar-refractivity contribution in [2.75, 3.05) is 20.7 Å². The molecule has 3 atom stereocenters. The molecule has 1 aliphatic heterocycles. The van der Waals surface area contributed by atoms with Crippen LogP contribution in [-0.2, 0) is 20.7 Å². The number of aliphatic carboxylic acids is 2. The third kappa shape index (κ3) is 4.75. The lowest BCUT2D eigenvalue weighted by molar-refractivity contribution is -0.165. The number of hydrogen-bond acceptors (Lipinski definition) is 7. The number of fused-ring (bicyclic) bond motifs is 1. The highest BCUT2D eigenvalue weighted by atomic mass is 32.1. The first kappa shape index (κ1) is 18.5. The van der Waals surface area contributed by atoms with Crippen LogP contribution in [0.1, 0.15) is 16.7 Å². The lowest BCUT2D eigenvalue weighted by atomic mass is 10.1. The molecule has 0 amide bonds. The molecule has 1 aromatic rings. The van der Waals surface area contributed by atoms with Crippen molar-refractivity contribution in [2.45, 2.75) is 24.9 Å². The van der Waals surface area contributed by atoms with E-state index in [0.717, 1.165) is 13.0 Å². The fourth-order valence-electron chi connectivity index (χ4n) is 1.78. The Bertz CT molecular complexity index is 498. The molecule has 2 heterocycles. The van der Waals surface area contributed by atoms with Gasteiger partial charge in [0.15, 0.2) is 12.2 Å². The lowest BCUT2D eigenvalue weighted by Crippen LogP contribution is -2.39. The Labute approximate surface area is 131 Å². The van der Waals surface area contributed by atoms with Crippen molar-refractivity contribution >= 4 is 23.3 Å². The molecule has 22 heavy (non-hydrogen) atoms. The van der Waals surface area contributed by atoms with Crippen LogP contribution in [0.25, 0.3) is 0 Å². The summed E-state index contributed by atoms with van der Waals surface area (Å²) in [6.07, 6.45) is -3.27. The van der Waals surface area contributed by atoms with Crippen LogP contribution in [-0.4, -0.2) is 70.2 Å². The first-order valence-electron chi connectivity index (χ1n) is 6.41. The molecule has 8 nitrogen and oxygen atoms in total. The van der Waals surface area contributed by atoms with Crippen LogP contribution in [0.15, 0.2) is 11.4 Å². The van der Waals surface area contributed by atoms with Crippen molar-refractivity contribution < 1.29 is 34.8 Å². The minimum Gasteiger partial charge on any atom is -0.479 e. The molecule has 1 aliphatic rings. The highest BCUT2D eigenvalue weighted by molar-refractivity contribution is 7.10. The van der Waals surface area contributed by atoms with Crippen LogP contribution < -0.4 is 0 Å². The van der Waals surface area contributed by atoms with Crippen molar-refractivity contribution in [2.24, 2.45) is 0 Å².